The summed E-state index contributed by atoms with van der Waals surface area (Å²) in [5.74, 6) is 0.882. The molecule has 2 fully saturated rings. The highest BCUT2D eigenvalue weighted by molar-refractivity contribution is 6.32. The highest BCUT2D eigenvalue weighted by Gasteiger charge is 2.42. The summed E-state index contributed by atoms with van der Waals surface area (Å²) in [6, 6.07) is 0. The van der Waals surface area contributed by atoms with E-state index in [1.54, 1.807) is 0 Å². The molecule has 3 rings (SSSR count). The van der Waals surface area contributed by atoms with Crippen LogP contribution < -0.4 is 10.2 Å². The van der Waals surface area contributed by atoms with E-state index in [0.717, 1.165) is 44.0 Å². The first kappa shape index (κ1) is 12.0. The molecule has 0 radical (unpaired) electrons. The first-order valence-corrected chi connectivity index (χ1v) is 6.69. The van der Waals surface area contributed by atoms with E-state index in [2.05, 4.69) is 20.2 Å². The number of morpholine rings is 1. The molecule has 2 heterocycles. The number of hydrogen-bond acceptors (Lipinski definition) is 5. The maximum atomic E-state index is 6.10. The molecule has 1 saturated carbocycles. The second-order valence-corrected chi connectivity index (χ2v) is 5.28. The molecule has 0 bridgehead atoms. The maximum absolute atomic E-state index is 6.10. The smallest absolute Gasteiger partial charge is 0.157 e. The van der Waals surface area contributed by atoms with Gasteiger partial charge in [-0.15, -0.1) is 0 Å². The Morgan fingerprint density at radius 3 is 2.94 bits per heavy atom. The van der Waals surface area contributed by atoms with E-state index < -0.39 is 0 Å². The van der Waals surface area contributed by atoms with E-state index in [1.165, 1.54) is 12.7 Å². The van der Waals surface area contributed by atoms with Crippen molar-refractivity contribution in [3.8, 4) is 0 Å². The standard InChI is InChI=1S/C12H17ClN4O/c1-14-9-10(13)15-8-16-11(9)17-5-6-18-12(7-17)3-2-4-12/h8,14H,2-7H2,1H3. The number of aromatic nitrogens is 2. The van der Waals surface area contributed by atoms with E-state index in [-0.39, 0.29) is 5.60 Å². The largest absolute Gasteiger partial charge is 0.383 e. The number of nitrogens with one attached hydrogen (secondary N) is 1. The Kier molecular flexibility index (Phi) is 3.03. The summed E-state index contributed by atoms with van der Waals surface area (Å²) >= 11 is 6.10. The highest BCUT2D eigenvalue weighted by Crippen LogP contribution is 2.40. The van der Waals surface area contributed by atoms with Crippen LogP contribution in [0.4, 0.5) is 11.5 Å². The van der Waals surface area contributed by atoms with Crippen LogP contribution in [0.1, 0.15) is 19.3 Å². The topological polar surface area (TPSA) is 50.3 Å². The Bertz CT molecular complexity index is 450. The first-order valence-electron chi connectivity index (χ1n) is 6.31. The van der Waals surface area contributed by atoms with Gasteiger partial charge in [-0.3, -0.25) is 0 Å². The third-order valence-electron chi connectivity index (χ3n) is 3.84. The fourth-order valence-corrected chi connectivity index (χ4v) is 2.93. The van der Waals surface area contributed by atoms with Gasteiger partial charge in [0, 0.05) is 20.1 Å². The zero-order valence-corrected chi connectivity index (χ0v) is 11.2. The summed E-state index contributed by atoms with van der Waals surface area (Å²) in [5, 5.41) is 3.55. The molecule has 1 aromatic heterocycles. The molecule has 0 unspecified atom stereocenters. The Labute approximate surface area is 112 Å². The molecule has 0 aromatic carbocycles. The van der Waals surface area contributed by atoms with Crippen molar-refractivity contribution in [3.63, 3.8) is 0 Å². The van der Waals surface area contributed by atoms with Crippen molar-refractivity contribution < 1.29 is 4.74 Å². The van der Waals surface area contributed by atoms with Gasteiger partial charge >= 0.3 is 0 Å². The normalized spacial score (nSPS) is 21.8. The van der Waals surface area contributed by atoms with Gasteiger partial charge < -0.3 is 15.0 Å². The lowest BCUT2D eigenvalue weighted by Crippen LogP contribution is -2.56. The molecule has 1 aliphatic carbocycles. The number of halogens is 1. The molecular formula is C12H17ClN4O. The fraction of sp³-hybridized carbons (Fsp3) is 0.667. The Balaban J connectivity index is 1.88. The van der Waals surface area contributed by atoms with Crippen molar-refractivity contribution in [1.29, 1.82) is 0 Å². The van der Waals surface area contributed by atoms with Crippen molar-refractivity contribution in [2.45, 2.75) is 24.9 Å². The van der Waals surface area contributed by atoms with Gasteiger partial charge in [-0.2, -0.15) is 0 Å². The zero-order chi connectivity index (χ0) is 12.6. The highest BCUT2D eigenvalue weighted by atomic mass is 35.5. The van der Waals surface area contributed by atoms with Crippen LogP contribution in [0.2, 0.25) is 5.15 Å². The van der Waals surface area contributed by atoms with E-state index in [1.807, 2.05) is 7.05 Å². The summed E-state index contributed by atoms with van der Waals surface area (Å²) in [5.41, 5.74) is 0.858. The lowest BCUT2D eigenvalue weighted by molar-refractivity contribution is -0.106. The van der Waals surface area contributed by atoms with Crippen LogP contribution in [0.15, 0.2) is 6.33 Å². The minimum absolute atomic E-state index is 0.0562. The molecule has 1 spiro atoms. The molecule has 18 heavy (non-hydrogen) atoms. The lowest BCUT2D eigenvalue weighted by atomic mass is 9.79. The summed E-state index contributed by atoms with van der Waals surface area (Å²) < 4.78 is 5.92. The van der Waals surface area contributed by atoms with Gasteiger partial charge in [0.1, 0.15) is 12.0 Å². The molecular weight excluding hydrogens is 252 g/mol. The van der Waals surface area contributed by atoms with Gasteiger partial charge in [-0.1, -0.05) is 11.6 Å². The number of anilines is 2. The quantitative estimate of drug-likeness (QED) is 0.831. The second kappa shape index (κ2) is 4.55. The van der Waals surface area contributed by atoms with Crippen molar-refractivity contribution in [2.75, 3.05) is 37.0 Å². The van der Waals surface area contributed by atoms with Gasteiger partial charge in [0.15, 0.2) is 11.0 Å². The number of rotatable bonds is 2. The summed E-state index contributed by atoms with van der Waals surface area (Å²) in [6.45, 7) is 2.50. The second-order valence-electron chi connectivity index (χ2n) is 4.92. The molecule has 2 aliphatic rings. The van der Waals surface area contributed by atoms with Gasteiger partial charge in [-0.05, 0) is 19.3 Å². The molecule has 98 valence electrons. The minimum atomic E-state index is 0.0562. The minimum Gasteiger partial charge on any atom is -0.383 e. The molecule has 0 atom stereocenters. The van der Waals surface area contributed by atoms with E-state index >= 15 is 0 Å². The fourth-order valence-electron chi connectivity index (χ4n) is 2.71. The third kappa shape index (κ3) is 1.91. The average Bonchev–Trinajstić information content (AvgIpc) is 2.37. The van der Waals surface area contributed by atoms with Gasteiger partial charge in [0.2, 0.25) is 0 Å². The van der Waals surface area contributed by atoms with Crippen molar-refractivity contribution in [3.05, 3.63) is 11.5 Å². The predicted octanol–water partition coefficient (Wildman–Crippen LogP) is 1.93. The van der Waals surface area contributed by atoms with Crippen molar-refractivity contribution >= 4 is 23.1 Å². The van der Waals surface area contributed by atoms with Crippen molar-refractivity contribution in [1.82, 2.24) is 9.97 Å². The number of hydrogen-bond donors (Lipinski definition) is 1. The number of nitrogens with zero attached hydrogens (tertiary/aromatic N) is 3. The Hall–Kier alpha value is -1.07. The van der Waals surface area contributed by atoms with Crippen molar-refractivity contribution in [2.24, 2.45) is 0 Å². The first-order chi connectivity index (χ1) is 8.74. The molecule has 0 amide bonds. The van der Waals surface area contributed by atoms with E-state index in [9.17, 15) is 0 Å². The molecule has 1 N–H and O–H groups in total. The molecule has 1 saturated heterocycles. The van der Waals surface area contributed by atoms with Crippen LogP contribution in [0.5, 0.6) is 0 Å². The van der Waals surface area contributed by atoms with E-state index in [0.29, 0.717) is 5.15 Å². The van der Waals surface area contributed by atoms with Crippen LogP contribution in [0, 0.1) is 0 Å². The van der Waals surface area contributed by atoms with Crippen LogP contribution in [-0.2, 0) is 4.74 Å². The summed E-state index contributed by atoms with van der Waals surface area (Å²) in [4.78, 5) is 10.6. The SMILES string of the molecule is CNc1c(Cl)ncnc1N1CCOC2(CCC2)C1. The molecule has 6 heteroatoms. The number of ether oxygens (including phenoxy) is 1. The van der Waals surface area contributed by atoms with Gasteiger partial charge in [0.05, 0.1) is 12.2 Å². The van der Waals surface area contributed by atoms with Gasteiger partial charge in [0.25, 0.3) is 0 Å². The zero-order valence-electron chi connectivity index (χ0n) is 10.4. The Morgan fingerprint density at radius 1 is 1.44 bits per heavy atom. The van der Waals surface area contributed by atoms with Crippen LogP contribution >= 0.6 is 11.6 Å². The molecule has 1 aliphatic heterocycles. The average molecular weight is 269 g/mol. The lowest BCUT2D eigenvalue weighted by Gasteiger charge is -2.48. The third-order valence-corrected chi connectivity index (χ3v) is 4.13. The van der Waals surface area contributed by atoms with Crippen LogP contribution in [0.25, 0.3) is 0 Å². The maximum Gasteiger partial charge on any atom is 0.157 e. The predicted molar refractivity (Wildman–Crippen MR) is 71.3 cm³/mol. The monoisotopic (exact) mass is 268 g/mol. The van der Waals surface area contributed by atoms with Crippen LogP contribution in [-0.4, -0.2) is 42.3 Å². The van der Waals surface area contributed by atoms with Gasteiger partial charge in [-0.25, -0.2) is 9.97 Å². The Morgan fingerprint density at radius 2 is 2.28 bits per heavy atom. The molecule has 1 aromatic rings. The summed E-state index contributed by atoms with van der Waals surface area (Å²) in [6.07, 6.45) is 5.08. The van der Waals surface area contributed by atoms with Crippen LogP contribution in [0.3, 0.4) is 0 Å². The summed E-state index contributed by atoms with van der Waals surface area (Å²) in [7, 11) is 1.84. The van der Waals surface area contributed by atoms with E-state index in [4.69, 9.17) is 16.3 Å². The molecule has 5 nitrogen and oxygen atoms in total.